The molecule has 1 fully saturated rings. The van der Waals surface area contributed by atoms with E-state index in [4.69, 9.17) is 4.74 Å². The van der Waals surface area contributed by atoms with E-state index in [-0.39, 0.29) is 23.7 Å². The highest BCUT2D eigenvalue weighted by Gasteiger charge is 2.27. The summed E-state index contributed by atoms with van der Waals surface area (Å²) >= 11 is 0. The van der Waals surface area contributed by atoms with Crippen LogP contribution in [0.4, 0.5) is 10.1 Å². The Bertz CT molecular complexity index is 931. The Balaban J connectivity index is 1.45. The lowest BCUT2D eigenvalue weighted by atomic mass is 10.2. The van der Waals surface area contributed by atoms with Crippen LogP contribution < -0.4 is 10.1 Å². The molecular formula is C24H31FN4O3. The molecule has 3 rings (SSSR count). The predicted octanol–water partition coefficient (Wildman–Crippen LogP) is 2.44. The lowest BCUT2D eigenvalue weighted by Gasteiger charge is -2.37. The summed E-state index contributed by atoms with van der Waals surface area (Å²) < 4.78 is 18.7. The van der Waals surface area contributed by atoms with E-state index < -0.39 is 0 Å². The molecule has 1 N–H and O–H groups in total. The van der Waals surface area contributed by atoms with Gasteiger partial charge in [-0.1, -0.05) is 24.3 Å². The van der Waals surface area contributed by atoms with Crippen LogP contribution >= 0.6 is 0 Å². The molecule has 172 valence electrons. The lowest BCUT2D eigenvalue weighted by Crippen LogP contribution is -2.54. The van der Waals surface area contributed by atoms with Gasteiger partial charge >= 0.3 is 0 Å². The molecule has 0 bridgehead atoms. The normalized spacial score (nSPS) is 15.8. The number of benzene rings is 2. The number of hydrogen-bond acceptors (Lipinski definition) is 5. The maximum absolute atomic E-state index is 13.3. The molecule has 1 aliphatic rings. The third-order valence-corrected chi connectivity index (χ3v) is 5.81. The van der Waals surface area contributed by atoms with Crippen LogP contribution in [0.3, 0.4) is 0 Å². The number of halogens is 1. The van der Waals surface area contributed by atoms with Gasteiger partial charge in [0, 0.05) is 51.0 Å². The minimum absolute atomic E-state index is 0.0428. The number of nitrogens with one attached hydrogen (secondary N) is 1. The minimum atomic E-state index is -0.385. The van der Waals surface area contributed by atoms with Gasteiger partial charge in [-0.2, -0.15) is 0 Å². The number of carbonyl (C=O) groups is 2. The number of rotatable bonds is 8. The molecule has 1 atom stereocenters. The van der Waals surface area contributed by atoms with Crippen molar-refractivity contribution in [2.24, 2.45) is 0 Å². The van der Waals surface area contributed by atoms with Crippen LogP contribution in [-0.2, 0) is 16.1 Å². The molecular weight excluding hydrogens is 411 g/mol. The highest BCUT2D eigenvalue weighted by molar-refractivity contribution is 5.94. The van der Waals surface area contributed by atoms with Gasteiger partial charge in [0.2, 0.25) is 11.8 Å². The Morgan fingerprint density at radius 1 is 1.12 bits per heavy atom. The molecule has 2 aromatic rings. The quantitative estimate of drug-likeness (QED) is 0.680. The molecule has 0 aromatic heterocycles. The zero-order valence-electron chi connectivity index (χ0n) is 18.9. The number of likely N-dealkylation sites (N-methyl/N-ethyl adjacent to an activating group) is 1. The molecule has 0 saturated carbocycles. The van der Waals surface area contributed by atoms with E-state index in [0.29, 0.717) is 45.0 Å². The molecule has 0 aliphatic carbocycles. The fourth-order valence-electron chi connectivity index (χ4n) is 3.78. The molecule has 1 heterocycles. The molecule has 1 aliphatic heterocycles. The standard InChI is InChI=1S/C24H31FN4O3/c1-18(24(31)26-21-9-6-8-20(25)15-21)29-13-11-28(12-14-29)17-23(30)27(2)16-19-7-4-5-10-22(19)32-3/h4-10,15,18H,11-14,16-17H2,1-3H3,(H,26,31). The van der Waals surface area contributed by atoms with Crippen molar-refractivity contribution < 1.29 is 18.7 Å². The zero-order chi connectivity index (χ0) is 23.1. The molecule has 1 unspecified atom stereocenters. The second-order valence-electron chi connectivity index (χ2n) is 8.05. The fraction of sp³-hybridized carbons (Fsp3) is 0.417. The van der Waals surface area contributed by atoms with Gasteiger partial charge < -0.3 is 15.0 Å². The molecule has 0 radical (unpaired) electrons. The van der Waals surface area contributed by atoms with Crippen molar-refractivity contribution >= 4 is 17.5 Å². The van der Waals surface area contributed by atoms with Crippen LogP contribution in [0.5, 0.6) is 5.75 Å². The van der Waals surface area contributed by atoms with E-state index in [9.17, 15) is 14.0 Å². The topological polar surface area (TPSA) is 65.1 Å². The molecule has 32 heavy (non-hydrogen) atoms. The van der Waals surface area contributed by atoms with Crippen molar-refractivity contribution in [3.8, 4) is 5.75 Å². The first-order valence-electron chi connectivity index (χ1n) is 10.8. The summed E-state index contributed by atoms with van der Waals surface area (Å²) in [5.74, 6) is 0.258. The smallest absolute Gasteiger partial charge is 0.241 e. The first-order chi connectivity index (χ1) is 15.4. The first-order valence-corrected chi connectivity index (χ1v) is 10.8. The third-order valence-electron chi connectivity index (χ3n) is 5.81. The van der Waals surface area contributed by atoms with E-state index in [1.54, 1.807) is 31.2 Å². The van der Waals surface area contributed by atoms with Crippen LogP contribution in [0.15, 0.2) is 48.5 Å². The van der Waals surface area contributed by atoms with Crippen LogP contribution in [0.25, 0.3) is 0 Å². The molecule has 1 saturated heterocycles. The average Bonchev–Trinajstić information content (AvgIpc) is 2.79. The Labute approximate surface area is 188 Å². The van der Waals surface area contributed by atoms with E-state index >= 15 is 0 Å². The van der Waals surface area contributed by atoms with Crippen molar-refractivity contribution in [1.29, 1.82) is 0 Å². The number of ether oxygens (including phenoxy) is 1. The highest BCUT2D eigenvalue weighted by atomic mass is 19.1. The summed E-state index contributed by atoms with van der Waals surface area (Å²) in [5.41, 5.74) is 1.41. The summed E-state index contributed by atoms with van der Waals surface area (Å²) in [7, 11) is 3.42. The number of amides is 2. The second-order valence-corrected chi connectivity index (χ2v) is 8.05. The first kappa shape index (κ1) is 23.7. The number of piperazine rings is 1. The Hall–Kier alpha value is -2.97. The predicted molar refractivity (Wildman–Crippen MR) is 122 cm³/mol. The number of anilines is 1. The second kappa shape index (κ2) is 11.1. The van der Waals surface area contributed by atoms with Gasteiger partial charge in [-0.25, -0.2) is 4.39 Å². The molecule has 8 heteroatoms. The highest BCUT2D eigenvalue weighted by Crippen LogP contribution is 2.19. The molecule has 2 amide bonds. The van der Waals surface area contributed by atoms with Crippen molar-refractivity contribution in [1.82, 2.24) is 14.7 Å². The van der Waals surface area contributed by atoms with Crippen molar-refractivity contribution in [2.75, 3.05) is 52.2 Å². The maximum Gasteiger partial charge on any atom is 0.241 e. The average molecular weight is 443 g/mol. The molecule has 2 aromatic carbocycles. The van der Waals surface area contributed by atoms with Gasteiger partial charge in [-0.3, -0.25) is 19.4 Å². The van der Waals surface area contributed by atoms with Crippen molar-refractivity contribution in [3.63, 3.8) is 0 Å². The van der Waals surface area contributed by atoms with Gasteiger partial charge in [0.25, 0.3) is 0 Å². The van der Waals surface area contributed by atoms with Crippen molar-refractivity contribution in [2.45, 2.75) is 19.5 Å². The van der Waals surface area contributed by atoms with Gasteiger partial charge in [0.05, 0.1) is 19.7 Å². The Morgan fingerprint density at radius 2 is 1.84 bits per heavy atom. The lowest BCUT2D eigenvalue weighted by molar-refractivity contribution is -0.132. The number of methoxy groups -OCH3 is 1. The van der Waals surface area contributed by atoms with E-state index in [1.165, 1.54) is 12.1 Å². The third kappa shape index (κ3) is 6.27. The van der Waals surface area contributed by atoms with E-state index in [2.05, 4.69) is 15.1 Å². The summed E-state index contributed by atoms with van der Waals surface area (Å²) in [6, 6.07) is 13.2. The molecule has 7 nitrogen and oxygen atoms in total. The fourth-order valence-corrected chi connectivity index (χ4v) is 3.78. The summed E-state index contributed by atoms with van der Waals surface area (Å²) in [4.78, 5) is 31.1. The number of hydrogen-bond donors (Lipinski definition) is 1. The zero-order valence-corrected chi connectivity index (χ0v) is 18.9. The largest absolute Gasteiger partial charge is 0.496 e. The number of carbonyl (C=O) groups excluding carboxylic acids is 2. The van der Waals surface area contributed by atoms with Gasteiger partial charge in [-0.15, -0.1) is 0 Å². The summed E-state index contributed by atoms with van der Waals surface area (Å²) in [6.07, 6.45) is 0. The molecule has 0 spiro atoms. The van der Waals surface area contributed by atoms with Crippen LogP contribution in [0, 0.1) is 5.82 Å². The van der Waals surface area contributed by atoms with Crippen LogP contribution in [0.2, 0.25) is 0 Å². The van der Waals surface area contributed by atoms with Crippen LogP contribution in [0.1, 0.15) is 12.5 Å². The Kier molecular flexibility index (Phi) is 8.19. The van der Waals surface area contributed by atoms with E-state index in [0.717, 1.165) is 11.3 Å². The summed E-state index contributed by atoms with van der Waals surface area (Å²) in [5, 5.41) is 2.77. The van der Waals surface area contributed by atoms with Crippen molar-refractivity contribution in [3.05, 3.63) is 59.9 Å². The Morgan fingerprint density at radius 3 is 2.53 bits per heavy atom. The number of nitrogens with zero attached hydrogens (tertiary/aromatic N) is 3. The number of para-hydroxylation sites is 1. The minimum Gasteiger partial charge on any atom is -0.496 e. The van der Waals surface area contributed by atoms with E-state index in [1.807, 2.05) is 31.2 Å². The van der Waals surface area contributed by atoms with Gasteiger partial charge in [-0.05, 0) is 31.2 Å². The maximum atomic E-state index is 13.3. The van der Waals surface area contributed by atoms with Gasteiger partial charge in [0.1, 0.15) is 11.6 Å². The van der Waals surface area contributed by atoms with Gasteiger partial charge in [0.15, 0.2) is 0 Å². The SMILES string of the molecule is COc1ccccc1CN(C)C(=O)CN1CCN(C(C)C(=O)Nc2cccc(F)c2)CC1. The monoisotopic (exact) mass is 442 g/mol. The summed E-state index contributed by atoms with van der Waals surface area (Å²) in [6.45, 7) is 5.43. The van der Waals surface area contributed by atoms with Crippen LogP contribution in [-0.4, -0.2) is 79.4 Å².